The lowest BCUT2D eigenvalue weighted by Gasteiger charge is -2.26. The lowest BCUT2D eigenvalue weighted by Crippen LogP contribution is -2.35. The predicted molar refractivity (Wildman–Crippen MR) is 96.4 cm³/mol. The molecule has 0 atom stereocenters. The zero-order valence-electron chi connectivity index (χ0n) is 14.6. The molecule has 1 aliphatic heterocycles. The highest BCUT2D eigenvalue weighted by Crippen LogP contribution is 2.27. The minimum Gasteiger partial charge on any atom is -0.457 e. The molecule has 1 aliphatic rings. The summed E-state index contributed by atoms with van der Waals surface area (Å²) in [6, 6.07) is 16.6. The highest BCUT2D eigenvalue weighted by atomic mass is 16.5. The van der Waals surface area contributed by atoms with Crippen molar-refractivity contribution in [2.75, 3.05) is 40.4 Å². The van der Waals surface area contributed by atoms with Crippen LogP contribution in [0.1, 0.15) is 11.1 Å². The molecule has 0 amide bonds. The average Bonchev–Trinajstić information content (AvgIpc) is 2.57. The van der Waals surface area contributed by atoms with E-state index in [0.29, 0.717) is 0 Å². The summed E-state index contributed by atoms with van der Waals surface area (Å²) in [7, 11) is 4.14. The Morgan fingerprint density at radius 2 is 1.83 bits per heavy atom. The molecule has 2 aromatic carbocycles. The van der Waals surface area contributed by atoms with Crippen LogP contribution >= 0.6 is 0 Å². The van der Waals surface area contributed by atoms with Gasteiger partial charge in [0.05, 0.1) is 13.2 Å². The van der Waals surface area contributed by atoms with E-state index in [-0.39, 0.29) is 0 Å². The van der Waals surface area contributed by atoms with Gasteiger partial charge in [0.25, 0.3) is 0 Å². The topological polar surface area (TPSA) is 24.9 Å². The second-order valence-electron chi connectivity index (χ2n) is 6.48. The molecule has 0 aliphatic carbocycles. The number of benzene rings is 2. The number of rotatable bonds is 6. The summed E-state index contributed by atoms with van der Waals surface area (Å²) < 4.78 is 11.6. The third kappa shape index (κ3) is 4.81. The van der Waals surface area contributed by atoms with E-state index in [2.05, 4.69) is 54.2 Å². The molecule has 0 spiro atoms. The van der Waals surface area contributed by atoms with Crippen molar-refractivity contribution in [1.29, 1.82) is 0 Å². The van der Waals surface area contributed by atoms with Gasteiger partial charge < -0.3 is 14.4 Å². The maximum Gasteiger partial charge on any atom is 0.131 e. The summed E-state index contributed by atoms with van der Waals surface area (Å²) in [5.74, 6) is 1.82. The van der Waals surface area contributed by atoms with Gasteiger partial charge in [0.2, 0.25) is 0 Å². The summed E-state index contributed by atoms with van der Waals surface area (Å²) in [5, 5.41) is 0. The van der Waals surface area contributed by atoms with Crippen LogP contribution in [0.4, 0.5) is 0 Å². The Balaban J connectivity index is 1.70. The monoisotopic (exact) mass is 326 g/mol. The molecular weight excluding hydrogens is 300 g/mol. The van der Waals surface area contributed by atoms with E-state index in [4.69, 9.17) is 9.47 Å². The first-order valence-electron chi connectivity index (χ1n) is 8.50. The Labute approximate surface area is 144 Å². The maximum atomic E-state index is 6.17. The van der Waals surface area contributed by atoms with E-state index in [0.717, 1.165) is 50.9 Å². The van der Waals surface area contributed by atoms with Gasteiger partial charge in [0, 0.05) is 31.7 Å². The molecule has 128 valence electrons. The molecule has 4 nitrogen and oxygen atoms in total. The van der Waals surface area contributed by atoms with Crippen LogP contribution in [0.5, 0.6) is 11.5 Å². The van der Waals surface area contributed by atoms with E-state index in [1.807, 2.05) is 18.2 Å². The van der Waals surface area contributed by atoms with Crippen LogP contribution in [-0.2, 0) is 17.8 Å². The SMILES string of the molecule is CN(C)Cc1ccccc1Oc1cccc(CN2CCOCC2)c1. The normalized spacial score (nSPS) is 15.6. The van der Waals surface area contributed by atoms with Gasteiger partial charge in [-0.25, -0.2) is 0 Å². The fraction of sp³-hybridized carbons (Fsp3) is 0.400. The fourth-order valence-corrected chi connectivity index (χ4v) is 2.93. The van der Waals surface area contributed by atoms with Crippen molar-refractivity contribution < 1.29 is 9.47 Å². The number of morpholine rings is 1. The summed E-state index contributed by atoms with van der Waals surface area (Å²) in [6.07, 6.45) is 0. The average molecular weight is 326 g/mol. The van der Waals surface area contributed by atoms with Crippen LogP contribution < -0.4 is 4.74 Å². The molecule has 1 fully saturated rings. The summed E-state index contributed by atoms with van der Waals surface area (Å²) >= 11 is 0. The van der Waals surface area contributed by atoms with Crippen LogP contribution in [0, 0.1) is 0 Å². The van der Waals surface area contributed by atoms with E-state index >= 15 is 0 Å². The first-order valence-corrected chi connectivity index (χ1v) is 8.50. The highest BCUT2D eigenvalue weighted by Gasteiger charge is 2.11. The summed E-state index contributed by atoms with van der Waals surface area (Å²) in [5.41, 5.74) is 2.47. The van der Waals surface area contributed by atoms with Gasteiger partial charge in [-0.1, -0.05) is 30.3 Å². The number of ether oxygens (including phenoxy) is 2. The molecule has 4 heteroatoms. The van der Waals surface area contributed by atoms with E-state index < -0.39 is 0 Å². The standard InChI is InChI=1S/C20H26N2O2/c1-21(2)16-18-7-3-4-9-20(18)24-19-8-5-6-17(14-19)15-22-10-12-23-13-11-22/h3-9,14H,10-13,15-16H2,1-2H3. The Hall–Kier alpha value is -1.88. The second-order valence-corrected chi connectivity index (χ2v) is 6.48. The predicted octanol–water partition coefficient (Wildman–Crippen LogP) is 3.37. The van der Waals surface area contributed by atoms with Crippen molar-refractivity contribution in [3.63, 3.8) is 0 Å². The van der Waals surface area contributed by atoms with Crippen LogP contribution in [-0.4, -0.2) is 50.2 Å². The van der Waals surface area contributed by atoms with Gasteiger partial charge >= 0.3 is 0 Å². The Morgan fingerprint density at radius 3 is 2.62 bits per heavy atom. The lowest BCUT2D eigenvalue weighted by atomic mass is 10.1. The molecule has 0 unspecified atom stereocenters. The number of hydrogen-bond acceptors (Lipinski definition) is 4. The van der Waals surface area contributed by atoms with E-state index in [1.54, 1.807) is 0 Å². The van der Waals surface area contributed by atoms with Crippen LogP contribution in [0.15, 0.2) is 48.5 Å². The molecule has 1 saturated heterocycles. The third-order valence-electron chi connectivity index (χ3n) is 4.10. The molecule has 0 saturated carbocycles. The molecular formula is C20H26N2O2. The lowest BCUT2D eigenvalue weighted by molar-refractivity contribution is 0.0342. The van der Waals surface area contributed by atoms with Crippen molar-refractivity contribution >= 4 is 0 Å². The van der Waals surface area contributed by atoms with Crippen LogP contribution in [0.25, 0.3) is 0 Å². The van der Waals surface area contributed by atoms with E-state index in [1.165, 1.54) is 11.1 Å². The minimum absolute atomic E-state index is 0.827. The summed E-state index contributed by atoms with van der Waals surface area (Å²) in [6.45, 7) is 5.46. The molecule has 0 N–H and O–H groups in total. The molecule has 0 bridgehead atoms. The van der Waals surface area contributed by atoms with Crippen molar-refractivity contribution in [2.24, 2.45) is 0 Å². The quantitative estimate of drug-likeness (QED) is 0.812. The van der Waals surface area contributed by atoms with Gasteiger partial charge in [0.1, 0.15) is 11.5 Å². The van der Waals surface area contributed by atoms with Crippen molar-refractivity contribution in [3.05, 3.63) is 59.7 Å². The molecule has 0 radical (unpaired) electrons. The van der Waals surface area contributed by atoms with Gasteiger partial charge in [-0.3, -0.25) is 4.90 Å². The molecule has 1 heterocycles. The number of para-hydroxylation sites is 1. The highest BCUT2D eigenvalue weighted by molar-refractivity contribution is 5.39. The Kier molecular flexibility index (Phi) is 5.86. The van der Waals surface area contributed by atoms with E-state index in [9.17, 15) is 0 Å². The van der Waals surface area contributed by atoms with Crippen molar-refractivity contribution in [3.8, 4) is 11.5 Å². The second kappa shape index (κ2) is 8.29. The molecule has 24 heavy (non-hydrogen) atoms. The zero-order chi connectivity index (χ0) is 16.8. The Bertz CT molecular complexity index is 652. The zero-order valence-corrected chi connectivity index (χ0v) is 14.6. The number of nitrogens with zero attached hydrogens (tertiary/aromatic N) is 2. The largest absolute Gasteiger partial charge is 0.457 e. The maximum absolute atomic E-state index is 6.17. The van der Waals surface area contributed by atoms with Crippen LogP contribution in [0.3, 0.4) is 0 Å². The first kappa shape index (κ1) is 17.0. The van der Waals surface area contributed by atoms with Gasteiger partial charge in [-0.05, 0) is 37.9 Å². The smallest absolute Gasteiger partial charge is 0.131 e. The van der Waals surface area contributed by atoms with Gasteiger partial charge in [-0.2, -0.15) is 0 Å². The first-order chi connectivity index (χ1) is 11.7. The van der Waals surface area contributed by atoms with Gasteiger partial charge in [0.15, 0.2) is 0 Å². The Morgan fingerprint density at radius 1 is 1.04 bits per heavy atom. The third-order valence-corrected chi connectivity index (χ3v) is 4.10. The van der Waals surface area contributed by atoms with Gasteiger partial charge in [-0.15, -0.1) is 0 Å². The van der Waals surface area contributed by atoms with Crippen molar-refractivity contribution in [2.45, 2.75) is 13.1 Å². The number of hydrogen-bond donors (Lipinski definition) is 0. The minimum atomic E-state index is 0.827. The molecule has 0 aromatic heterocycles. The molecule has 3 rings (SSSR count). The van der Waals surface area contributed by atoms with Crippen molar-refractivity contribution in [1.82, 2.24) is 9.80 Å². The fourth-order valence-electron chi connectivity index (χ4n) is 2.93. The summed E-state index contributed by atoms with van der Waals surface area (Å²) in [4.78, 5) is 4.57. The molecule has 2 aromatic rings. The van der Waals surface area contributed by atoms with Crippen LogP contribution in [0.2, 0.25) is 0 Å².